The molecule has 31 heavy (non-hydrogen) atoms. The molecular formula is C27H38N2O2. The van der Waals surface area contributed by atoms with Gasteiger partial charge in [-0.1, -0.05) is 59.7 Å². The van der Waals surface area contributed by atoms with Gasteiger partial charge in [-0.3, -0.25) is 9.69 Å². The molecule has 1 aliphatic heterocycles. The van der Waals surface area contributed by atoms with E-state index in [4.69, 9.17) is 10.5 Å². The van der Waals surface area contributed by atoms with Gasteiger partial charge in [-0.2, -0.15) is 0 Å². The van der Waals surface area contributed by atoms with E-state index in [9.17, 15) is 4.79 Å². The summed E-state index contributed by atoms with van der Waals surface area (Å²) in [4.78, 5) is 15.3. The van der Waals surface area contributed by atoms with Gasteiger partial charge in [0.25, 0.3) is 0 Å². The highest BCUT2D eigenvalue weighted by atomic mass is 16.6. The molecule has 1 aliphatic rings. The molecular weight excluding hydrogens is 384 g/mol. The molecule has 2 atom stereocenters. The second kappa shape index (κ2) is 9.13. The van der Waals surface area contributed by atoms with Gasteiger partial charge in [0.05, 0.1) is 5.54 Å². The van der Waals surface area contributed by atoms with Crippen LogP contribution in [0.4, 0.5) is 0 Å². The average molecular weight is 423 g/mol. The minimum absolute atomic E-state index is 0.169. The van der Waals surface area contributed by atoms with Crippen molar-refractivity contribution in [2.75, 3.05) is 6.54 Å². The predicted octanol–water partition coefficient (Wildman–Crippen LogP) is 5.09. The Bertz CT molecular complexity index is 835. The number of benzene rings is 2. The summed E-state index contributed by atoms with van der Waals surface area (Å²) < 4.78 is 5.63. The molecule has 0 aromatic heterocycles. The third kappa shape index (κ3) is 5.02. The quantitative estimate of drug-likeness (QED) is 0.682. The second-order valence-corrected chi connectivity index (χ2v) is 10.0. The number of rotatable bonds is 5. The molecule has 0 spiro atoms. The van der Waals surface area contributed by atoms with Crippen molar-refractivity contribution in [3.05, 3.63) is 70.8 Å². The Kier molecular flexibility index (Phi) is 6.92. The Morgan fingerprint density at radius 1 is 0.968 bits per heavy atom. The first-order valence-corrected chi connectivity index (χ1v) is 11.4. The highest BCUT2D eigenvalue weighted by Crippen LogP contribution is 2.45. The summed E-state index contributed by atoms with van der Waals surface area (Å²) in [6.07, 6.45) is 3.21. The van der Waals surface area contributed by atoms with Crippen molar-refractivity contribution in [1.82, 2.24) is 4.90 Å². The van der Waals surface area contributed by atoms with E-state index >= 15 is 0 Å². The number of hydrogen-bond acceptors (Lipinski definition) is 4. The van der Waals surface area contributed by atoms with Crippen LogP contribution in [0.3, 0.4) is 0 Å². The summed E-state index contributed by atoms with van der Waals surface area (Å²) in [6.45, 7) is 12.8. The van der Waals surface area contributed by atoms with Gasteiger partial charge in [0, 0.05) is 6.04 Å². The number of nitrogens with two attached hydrogens (primary N) is 1. The number of esters is 1. The lowest BCUT2D eigenvalue weighted by Crippen LogP contribution is -2.60. The monoisotopic (exact) mass is 422 g/mol. The van der Waals surface area contributed by atoms with Crippen molar-refractivity contribution in [2.45, 2.75) is 84.0 Å². The van der Waals surface area contributed by atoms with Gasteiger partial charge in [0.1, 0.15) is 11.6 Å². The van der Waals surface area contributed by atoms with Crippen molar-refractivity contribution in [3.63, 3.8) is 0 Å². The third-order valence-corrected chi connectivity index (χ3v) is 6.43. The van der Waals surface area contributed by atoms with E-state index in [-0.39, 0.29) is 17.6 Å². The number of hydrogen-bond donors (Lipinski definition) is 1. The van der Waals surface area contributed by atoms with Crippen LogP contribution < -0.4 is 5.73 Å². The van der Waals surface area contributed by atoms with E-state index in [0.29, 0.717) is 0 Å². The Hall–Kier alpha value is -2.17. The molecule has 1 heterocycles. The highest BCUT2D eigenvalue weighted by molar-refractivity contribution is 5.76. The molecule has 1 saturated heterocycles. The van der Waals surface area contributed by atoms with Crippen molar-refractivity contribution in [3.8, 4) is 0 Å². The Morgan fingerprint density at radius 3 is 1.90 bits per heavy atom. The standard InChI is InChI=1S/C27H38N2O2/c1-19-9-13-22(14-10-19)27(23-15-11-20(2)12-16-23)17-7-8-18-29(27)21(3)24(28)25(30)31-26(4,5)6/h9-16,21,24H,7-8,17-18,28H2,1-6H3. The highest BCUT2D eigenvalue weighted by Gasteiger charge is 2.46. The first kappa shape index (κ1) is 23.5. The average Bonchev–Trinajstić information content (AvgIpc) is 2.72. The number of piperidine rings is 1. The minimum atomic E-state index is -0.715. The van der Waals surface area contributed by atoms with Crippen LogP contribution in [0.1, 0.15) is 69.2 Å². The number of nitrogens with zero attached hydrogens (tertiary/aromatic N) is 1. The van der Waals surface area contributed by atoms with Gasteiger partial charge in [-0.05, 0) is 78.5 Å². The third-order valence-electron chi connectivity index (χ3n) is 6.43. The van der Waals surface area contributed by atoms with E-state index in [1.165, 1.54) is 22.3 Å². The molecule has 168 valence electrons. The van der Waals surface area contributed by atoms with Crippen molar-refractivity contribution in [2.24, 2.45) is 5.73 Å². The number of likely N-dealkylation sites (tertiary alicyclic amines) is 1. The smallest absolute Gasteiger partial charge is 0.325 e. The molecule has 0 amide bonds. The maximum atomic E-state index is 12.8. The van der Waals surface area contributed by atoms with Gasteiger partial charge in [0.15, 0.2) is 0 Å². The fraction of sp³-hybridized carbons (Fsp3) is 0.519. The van der Waals surface area contributed by atoms with E-state index in [1.807, 2.05) is 20.8 Å². The van der Waals surface area contributed by atoms with Crippen molar-refractivity contribution in [1.29, 1.82) is 0 Å². The zero-order valence-corrected chi connectivity index (χ0v) is 19.9. The minimum Gasteiger partial charge on any atom is -0.459 e. The van der Waals surface area contributed by atoms with Gasteiger partial charge in [-0.15, -0.1) is 0 Å². The molecule has 4 nitrogen and oxygen atoms in total. The second-order valence-electron chi connectivity index (χ2n) is 10.0. The van der Waals surface area contributed by atoms with E-state index in [1.54, 1.807) is 0 Å². The van der Waals surface area contributed by atoms with Crippen LogP contribution in [0.15, 0.2) is 48.5 Å². The number of ether oxygens (including phenoxy) is 1. The van der Waals surface area contributed by atoms with Crippen LogP contribution in [0, 0.1) is 13.8 Å². The van der Waals surface area contributed by atoms with Crippen molar-refractivity contribution < 1.29 is 9.53 Å². The van der Waals surface area contributed by atoms with Gasteiger partial charge in [-0.25, -0.2) is 0 Å². The van der Waals surface area contributed by atoms with Gasteiger partial charge < -0.3 is 10.5 Å². The molecule has 3 rings (SSSR count). The lowest BCUT2D eigenvalue weighted by molar-refractivity contribution is -0.159. The normalized spacial score (nSPS) is 18.9. The Labute approximate surface area is 187 Å². The Balaban J connectivity index is 2.08. The summed E-state index contributed by atoms with van der Waals surface area (Å²) in [5, 5.41) is 0. The van der Waals surface area contributed by atoms with Gasteiger partial charge >= 0.3 is 5.97 Å². The molecule has 0 saturated carbocycles. The van der Waals surface area contributed by atoms with Crippen molar-refractivity contribution >= 4 is 5.97 Å². The molecule has 2 unspecified atom stereocenters. The largest absolute Gasteiger partial charge is 0.459 e. The zero-order valence-electron chi connectivity index (χ0n) is 19.9. The van der Waals surface area contributed by atoms with Gasteiger partial charge in [0.2, 0.25) is 0 Å². The summed E-state index contributed by atoms with van der Waals surface area (Å²) in [6, 6.07) is 16.8. The topological polar surface area (TPSA) is 55.6 Å². The van der Waals surface area contributed by atoms with Crippen LogP contribution in [0.5, 0.6) is 0 Å². The van der Waals surface area contributed by atoms with Crippen LogP contribution in [-0.2, 0) is 15.1 Å². The SMILES string of the molecule is Cc1ccc(C2(c3ccc(C)cc3)CCCCN2C(C)C(N)C(=O)OC(C)(C)C)cc1. The number of aryl methyl sites for hydroxylation is 2. The first-order valence-electron chi connectivity index (χ1n) is 11.4. The lowest BCUT2D eigenvalue weighted by Gasteiger charge is -2.52. The molecule has 2 N–H and O–H groups in total. The first-order chi connectivity index (χ1) is 14.5. The molecule has 4 heteroatoms. The summed E-state index contributed by atoms with van der Waals surface area (Å²) in [7, 11) is 0. The van der Waals surface area contributed by atoms with Crippen LogP contribution in [0.2, 0.25) is 0 Å². The summed E-state index contributed by atoms with van der Waals surface area (Å²) >= 11 is 0. The molecule has 1 fully saturated rings. The molecule has 0 radical (unpaired) electrons. The zero-order chi connectivity index (χ0) is 22.8. The number of carbonyl (C=O) groups excluding carboxylic acids is 1. The van der Waals surface area contributed by atoms with E-state index in [2.05, 4.69) is 74.2 Å². The van der Waals surface area contributed by atoms with Crippen LogP contribution in [-0.4, -0.2) is 35.1 Å². The summed E-state index contributed by atoms with van der Waals surface area (Å²) in [5.41, 5.74) is 10.6. The fourth-order valence-corrected chi connectivity index (χ4v) is 4.75. The van der Waals surface area contributed by atoms with Crippen LogP contribution >= 0.6 is 0 Å². The molecule has 2 aromatic rings. The maximum Gasteiger partial charge on any atom is 0.325 e. The molecule has 0 aliphatic carbocycles. The Morgan fingerprint density at radius 2 is 1.45 bits per heavy atom. The lowest BCUT2D eigenvalue weighted by atomic mass is 9.73. The molecule has 2 aromatic carbocycles. The predicted molar refractivity (Wildman–Crippen MR) is 127 cm³/mol. The fourth-order valence-electron chi connectivity index (χ4n) is 4.75. The number of carbonyl (C=O) groups is 1. The summed E-state index contributed by atoms with van der Waals surface area (Å²) in [5.74, 6) is -0.340. The van der Waals surface area contributed by atoms with Crippen LogP contribution in [0.25, 0.3) is 0 Å². The maximum absolute atomic E-state index is 12.8. The van der Waals surface area contributed by atoms with E-state index in [0.717, 1.165) is 25.8 Å². The molecule has 0 bridgehead atoms. The van der Waals surface area contributed by atoms with E-state index < -0.39 is 11.6 Å².